The molecule has 1 unspecified atom stereocenters. The number of rotatable bonds is 8. The van der Waals surface area contributed by atoms with Crippen molar-refractivity contribution in [2.24, 2.45) is 0 Å². The Morgan fingerprint density at radius 2 is 1.81 bits per heavy atom. The molecule has 7 heteroatoms. The molecule has 1 aliphatic heterocycles. The minimum absolute atomic E-state index is 0.354. The number of benzene rings is 2. The number of nitrogens with one attached hydrogen (secondary N) is 2. The highest BCUT2D eigenvalue weighted by atomic mass is 16.5. The zero-order valence-electron chi connectivity index (χ0n) is 17.5. The van der Waals surface area contributed by atoms with Crippen molar-refractivity contribution in [3.63, 3.8) is 0 Å². The molecular formula is C24H26N4O3. The van der Waals surface area contributed by atoms with E-state index in [0.29, 0.717) is 17.6 Å². The first-order valence-electron chi connectivity index (χ1n) is 10.4. The highest BCUT2D eigenvalue weighted by Crippen LogP contribution is 2.20. The number of carbonyl (C=O) groups is 1. The van der Waals surface area contributed by atoms with Crippen molar-refractivity contribution in [3.8, 4) is 11.1 Å². The fraction of sp³-hybridized carbons (Fsp3) is 0.292. The summed E-state index contributed by atoms with van der Waals surface area (Å²) in [7, 11) is 1.37. The van der Waals surface area contributed by atoms with Crippen LogP contribution in [0.4, 0.5) is 11.6 Å². The summed E-state index contributed by atoms with van der Waals surface area (Å²) >= 11 is 0. The van der Waals surface area contributed by atoms with Gasteiger partial charge in [-0.05, 0) is 48.2 Å². The molecule has 1 fully saturated rings. The summed E-state index contributed by atoms with van der Waals surface area (Å²) in [6.45, 7) is 2.60. The van der Waals surface area contributed by atoms with Gasteiger partial charge in [0.2, 0.25) is 5.95 Å². The summed E-state index contributed by atoms with van der Waals surface area (Å²) in [6, 6.07) is 15.4. The molecule has 1 aliphatic rings. The zero-order valence-corrected chi connectivity index (χ0v) is 17.5. The number of ether oxygens (including phenoxy) is 2. The molecule has 0 amide bonds. The quantitative estimate of drug-likeness (QED) is 0.536. The molecule has 7 nitrogen and oxygen atoms in total. The Balaban J connectivity index is 1.30. The van der Waals surface area contributed by atoms with Crippen LogP contribution in [0.3, 0.4) is 0 Å². The summed E-state index contributed by atoms with van der Waals surface area (Å²) in [5.41, 5.74) is 4.46. The predicted octanol–water partition coefficient (Wildman–Crippen LogP) is 3.94. The Morgan fingerprint density at radius 1 is 1.06 bits per heavy atom. The topological polar surface area (TPSA) is 85.4 Å². The molecule has 4 rings (SSSR count). The standard InChI is InChI=1S/C24H26N4O3/c1-30-23(29)19-8-6-18(7-9-19)20-14-26-24(27-15-20)28-21-10-4-17(5-11-21)13-25-16-22-3-2-12-31-22/h4-11,14-15,22,25H,2-3,12-13,16H2,1H3,(H,26,27,28). The van der Waals surface area contributed by atoms with Crippen molar-refractivity contribution in [2.45, 2.75) is 25.5 Å². The Morgan fingerprint density at radius 3 is 2.45 bits per heavy atom. The van der Waals surface area contributed by atoms with E-state index in [0.717, 1.165) is 49.4 Å². The van der Waals surface area contributed by atoms with Crippen LogP contribution in [0.1, 0.15) is 28.8 Å². The lowest BCUT2D eigenvalue weighted by molar-refractivity contribution is 0.0600. The van der Waals surface area contributed by atoms with Crippen LogP contribution in [0.15, 0.2) is 60.9 Å². The van der Waals surface area contributed by atoms with Gasteiger partial charge in [-0.25, -0.2) is 14.8 Å². The van der Waals surface area contributed by atoms with Crippen LogP contribution in [-0.2, 0) is 16.0 Å². The number of carbonyl (C=O) groups excluding carboxylic acids is 1. The first kappa shape index (κ1) is 21.0. The van der Waals surface area contributed by atoms with E-state index in [1.165, 1.54) is 12.7 Å². The molecule has 1 atom stereocenters. The van der Waals surface area contributed by atoms with Gasteiger partial charge in [-0.1, -0.05) is 24.3 Å². The Labute approximate surface area is 181 Å². The smallest absolute Gasteiger partial charge is 0.337 e. The van der Waals surface area contributed by atoms with E-state index in [9.17, 15) is 4.79 Å². The highest BCUT2D eigenvalue weighted by Gasteiger charge is 2.14. The van der Waals surface area contributed by atoms with Crippen LogP contribution in [0.5, 0.6) is 0 Å². The van der Waals surface area contributed by atoms with E-state index < -0.39 is 0 Å². The van der Waals surface area contributed by atoms with Crippen molar-refractivity contribution >= 4 is 17.6 Å². The first-order valence-corrected chi connectivity index (χ1v) is 10.4. The summed E-state index contributed by atoms with van der Waals surface area (Å²) in [6.07, 6.45) is 6.18. The van der Waals surface area contributed by atoms with E-state index in [-0.39, 0.29) is 5.97 Å². The number of methoxy groups -OCH3 is 1. The van der Waals surface area contributed by atoms with Crippen molar-refractivity contribution in [3.05, 3.63) is 72.1 Å². The van der Waals surface area contributed by atoms with Crippen LogP contribution in [0.2, 0.25) is 0 Å². The Bertz CT molecular complexity index is 983. The second-order valence-corrected chi connectivity index (χ2v) is 7.45. The predicted molar refractivity (Wildman–Crippen MR) is 119 cm³/mol. The maximum absolute atomic E-state index is 11.5. The average Bonchev–Trinajstić information content (AvgIpc) is 3.34. The third-order valence-corrected chi connectivity index (χ3v) is 5.23. The molecule has 3 aromatic rings. The average molecular weight is 418 g/mol. The fourth-order valence-electron chi connectivity index (χ4n) is 3.48. The third-order valence-electron chi connectivity index (χ3n) is 5.23. The number of esters is 1. The number of hydrogen-bond acceptors (Lipinski definition) is 7. The molecule has 0 bridgehead atoms. The second kappa shape index (κ2) is 10.1. The SMILES string of the molecule is COC(=O)c1ccc(-c2cnc(Nc3ccc(CNCC4CCCO4)cc3)nc2)cc1. The normalized spacial score (nSPS) is 15.6. The number of hydrogen-bond donors (Lipinski definition) is 2. The van der Waals surface area contributed by atoms with Gasteiger partial charge in [-0.2, -0.15) is 0 Å². The minimum atomic E-state index is -0.355. The van der Waals surface area contributed by atoms with Gasteiger partial charge in [-0.3, -0.25) is 0 Å². The molecule has 2 N–H and O–H groups in total. The first-order chi connectivity index (χ1) is 15.2. The van der Waals surface area contributed by atoms with Crippen molar-refractivity contribution in [1.29, 1.82) is 0 Å². The van der Waals surface area contributed by atoms with E-state index >= 15 is 0 Å². The van der Waals surface area contributed by atoms with Crippen molar-refractivity contribution in [1.82, 2.24) is 15.3 Å². The van der Waals surface area contributed by atoms with Gasteiger partial charge in [-0.15, -0.1) is 0 Å². The second-order valence-electron chi connectivity index (χ2n) is 7.45. The van der Waals surface area contributed by atoms with E-state index in [1.807, 2.05) is 24.3 Å². The lowest BCUT2D eigenvalue weighted by Crippen LogP contribution is -2.25. The van der Waals surface area contributed by atoms with E-state index in [1.54, 1.807) is 24.5 Å². The summed E-state index contributed by atoms with van der Waals surface area (Å²) in [4.78, 5) is 20.3. The van der Waals surface area contributed by atoms with Crippen LogP contribution < -0.4 is 10.6 Å². The molecule has 1 aromatic heterocycles. The van der Waals surface area contributed by atoms with E-state index in [4.69, 9.17) is 9.47 Å². The molecular weight excluding hydrogens is 392 g/mol. The van der Waals surface area contributed by atoms with Gasteiger partial charge in [0.1, 0.15) is 0 Å². The molecule has 0 saturated carbocycles. The van der Waals surface area contributed by atoms with Crippen molar-refractivity contribution < 1.29 is 14.3 Å². The summed E-state index contributed by atoms with van der Waals surface area (Å²) in [5.74, 6) is 0.172. The highest BCUT2D eigenvalue weighted by molar-refractivity contribution is 5.89. The van der Waals surface area contributed by atoms with Gasteiger partial charge in [0.25, 0.3) is 0 Å². The van der Waals surface area contributed by atoms with Gasteiger partial charge in [0, 0.05) is 43.3 Å². The zero-order chi connectivity index (χ0) is 21.5. The number of nitrogens with zero attached hydrogens (tertiary/aromatic N) is 2. The molecule has 1 saturated heterocycles. The van der Waals surface area contributed by atoms with E-state index in [2.05, 4.69) is 32.7 Å². The summed E-state index contributed by atoms with van der Waals surface area (Å²) in [5, 5.41) is 6.67. The molecule has 31 heavy (non-hydrogen) atoms. The molecule has 160 valence electrons. The van der Waals surface area contributed by atoms with Crippen LogP contribution in [0.25, 0.3) is 11.1 Å². The Kier molecular flexibility index (Phi) is 6.86. The summed E-state index contributed by atoms with van der Waals surface area (Å²) < 4.78 is 10.3. The number of anilines is 2. The lowest BCUT2D eigenvalue weighted by Gasteiger charge is -2.11. The Hall–Kier alpha value is -3.29. The molecule has 0 radical (unpaired) electrons. The van der Waals surface area contributed by atoms with Crippen molar-refractivity contribution in [2.75, 3.05) is 25.6 Å². The van der Waals surface area contributed by atoms with Gasteiger partial charge >= 0.3 is 5.97 Å². The molecule has 2 aromatic carbocycles. The lowest BCUT2D eigenvalue weighted by atomic mass is 10.1. The maximum Gasteiger partial charge on any atom is 0.337 e. The third kappa shape index (κ3) is 5.65. The molecule has 2 heterocycles. The monoisotopic (exact) mass is 418 g/mol. The molecule has 0 spiro atoms. The van der Waals surface area contributed by atoms with Crippen LogP contribution in [0, 0.1) is 0 Å². The fourth-order valence-corrected chi connectivity index (χ4v) is 3.48. The largest absolute Gasteiger partial charge is 0.465 e. The maximum atomic E-state index is 11.5. The number of aromatic nitrogens is 2. The molecule has 0 aliphatic carbocycles. The van der Waals surface area contributed by atoms with Gasteiger partial charge in [0.05, 0.1) is 18.8 Å². The van der Waals surface area contributed by atoms with Crippen LogP contribution in [-0.4, -0.2) is 42.3 Å². The van der Waals surface area contributed by atoms with Crippen LogP contribution >= 0.6 is 0 Å². The van der Waals surface area contributed by atoms with Gasteiger partial charge < -0.3 is 20.1 Å². The minimum Gasteiger partial charge on any atom is -0.465 e. The van der Waals surface area contributed by atoms with Gasteiger partial charge in [0.15, 0.2) is 0 Å².